The molecule has 1 fully saturated rings. The first-order chi connectivity index (χ1) is 7.74. The van der Waals surface area contributed by atoms with Crippen LogP contribution in [0.25, 0.3) is 0 Å². The van der Waals surface area contributed by atoms with Crippen LogP contribution in [-0.2, 0) is 0 Å². The lowest BCUT2D eigenvalue weighted by Crippen LogP contribution is -1.84. The molecule has 2 atom stereocenters. The first-order valence-corrected chi connectivity index (χ1v) is 5.52. The van der Waals surface area contributed by atoms with E-state index in [0.29, 0.717) is 17.7 Å². The molecular weight excluding hydrogens is 200 g/mol. The zero-order valence-corrected chi connectivity index (χ0v) is 9.18. The highest BCUT2D eigenvalue weighted by Crippen LogP contribution is 2.54. The maximum absolute atomic E-state index is 5.52. The highest BCUT2D eigenvalue weighted by Gasteiger charge is 2.41. The number of hydrogen-bond acceptors (Lipinski definition) is 3. The van der Waals surface area contributed by atoms with Gasteiger partial charge in [0.1, 0.15) is 0 Å². The van der Waals surface area contributed by atoms with Crippen molar-refractivity contribution in [3.05, 3.63) is 47.2 Å². The van der Waals surface area contributed by atoms with E-state index >= 15 is 0 Å². The van der Waals surface area contributed by atoms with Crippen LogP contribution in [0.5, 0.6) is 0 Å². The third-order valence-electron chi connectivity index (χ3n) is 3.22. The predicted octanol–water partition coefficient (Wildman–Crippen LogP) is 2.84. The van der Waals surface area contributed by atoms with Gasteiger partial charge in [0.15, 0.2) is 0 Å². The molecule has 3 nitrogen and oxygen atoms in total. The second-order valence-electron chi connectivity index (χ2n) is 4.51. The predicted molar refractivity (Wildman–Crippen MR) is 62.2 cm³/mol. The maximum atomic E-state index is 5.52. The highest BCUT2D eigenvalue weighted by atomic mass is 16.5. The number of rotatable bonds is 2. The van der Waals surface area contributed by atoms with E-state index < -0.39 is 0 Å². The molecule has 0 saturated heterocycles. The van der Waals surface area contributed by atoms with Crippen molar-refractivity contribution in [2.24, 2.45) is 0 Å². The molecule has 2 aromatic rings. The summed E-state index contributed by atoms with van der Waals surface area (Å²) in [6.07, 6.45) is 1.15. The molecule has 2 N–H and O–H groups in total. The molecule has 0 amide bonds. The number of nitrogens with two attached hydrogens (primary N) is 1. The molecule has 16 heavy (non-hydrogen) atoms. The van der Waals surface area contributed by atoms with Crippen molar-refractivity contribution >= 4 is 5.88 Å². The van der Waals surface area contributed by atoms with E-state index in [9.17, 15) is 0 Å². The van der Waals surface area contributed by atoms with Gasteiger partial charge in [0.2, 0.25) is 5.88 Å². The molecule has 1 aromatic heterocycles. The number of aryl methyl sites for hydroxylation is 1. The van der Waals surface area contributed by atoms with Gasteiger partial charge in [-0.05, 0) is 24.8 Å². The van der Waals surface area contributed by atoms with Gasteiger partial charge in [-0.1, -0.05) is 35.0 Å². The van der Waals surface area contributed by atoms with E-state index in [2.05, 4.69) is 36.3 Å². The van der Waals surface area contributed by atoms with E-state index in [1.807, 2.05) is 6.07 Å². The number of hydrogen-bond donors (Lipinski definition) is 1. The van der Waals surface area contributed by atoms with Crippen LogP contribution in [0.15, 0.2) is 34.9 Å². The molecule has 0 unspecified atom stereocenters. The molecular formula is C13H14N2O. The Kier molecular flexibility index (Phi) is 1.99. The average Bonchev–Trinajstić information content (AvgIpc) is 2.96. The van der Waals surface area contributed by atoms with Crippen molar-refractivity contribution in [2.75, 3.05) is 5.73 Å². The van der Waals surface area contributed by atoms with Crippen LogP contribution >= 0.6 is 0 Å². The molecule has 0 radical (unpaired) electrons. The molecule has 82 valence electrons. The van der Waals surface area contributed by atoms with Gasteiger partial charge in [0.05, 0.1) is 5.69 Å². The van der Waals surface area contributed by atoms with Crippen LogP contribution in [0.3, 0.4) is 0 Å². The van der Waals surface area contributed by atoms with Crippen LogP contribution in [0.2, 0.25) is 0 Å². The molecule has 1 heterocycles. The van der Waals surface area contributed by atoms with Gasteiger partial charge in [0.25, 0.3) is 0 Å². The second-order valence-corrected chi connectivity index (χ2v) is 4.51. The fourth-order valence-corrected chi connectivity index (χ4v) is 2.18. The monoisotopic (exact) mass is 214 g/mol. The van der Waals surface area contributed by atoms with Crippen LogP contribution in [0, 0.1) is 6.92 Å². The molecule has 1 aliphatic carbocycles. The average molecular weight is 214 g/mol. The quantitative estimate of drug-likeness (QED) is 0.836. The summed E-state index contributed by atoms with van der Waals surface area (Å²) >= 11 is 0. The van der Waals surface area contributed by atoms with Gasteiger partial charge in [-0.3, -0.25) is 0 Å². The van der Waals surface area contributed by atoms with Crippen LogP contribution in [0.1, 0.15) is 35.1 Å². The lowest BCUT2D eigenvalue weighted by Gasteiger charge is -1.99. The smallest absolute Gasteiger partial charge is 0.222 e. The van der Waals surface area contributed by atoms with Gasteiger partial charge in [-0.2, -0.15) is 0 Å². The topological polar surface area (TPSA) is 52.0 Å². The second kappa shape index (κ2) is 3.37. The Hall–Kier alpha value is -1.77. The van der Waals surface area contributed by atoms with Gasteiger partial charge in [-0.25, -0.2) is 0 Å². The molecule has 1 aliphatic rings. The molecule has 1 aromatic carbocycles. The van der Waals surface area contributed by atoms with Crippen LogP contribution in [0.4, 0.5) is 5.88 Å². The van der Waals surface area contributed by atoms with Gasteiger partial charge < -0.3 is 10.3 Å². The van der Waals surface area contributed by atoms with Crippen molar-refractivity contribution in [1.29, 1.82) is 0 Å². The Morgan fingerprint density at radius 3 is 2.62 bits per heavy atom. The molecule has 0 bridgehead atoms. The summed E-state index contributed by atoms with van der Waals surface area (Å²) in [4.78, 5) is 0. The Balaban J connectivity index is 1.79. The SMILES string of the molecule is Cc1ccc([C@H]2C[C@@H]2c2cc(N)on2)cc1. The van der Waals surface area contributed by atoms with Crippen molar-refractivity contribution in [2.45, 2.75) is 25.2 Å². The molecule has 1 saturated carbocycles. The Bertz CT molecular complexity index is 501. The maximum Gasteiger partial charge on any atom is 0.222 e. The summed E-state index contributed by atoms with van der Waals surface area (Å²) in [5.41, 5.74) is 9.19. The van der Waals surface area contributed by atoms with Crippen molar-refractivity contribution < 1.29 is 4.52 Å². The van der Waals surface area contributed by atoms with Crippen molar-refractivity contribution in [3.8, 4) is 0 Å². The number of nitrogen functional groups attached to an aromatic ring is 1. The van der Waals surface area contributed by atoms with E-state index in [1.165, 1.54) is 11.1 Å². The fourth-order valence-electron chi connectivity index (χ4n) is 2.18. The zero-order chi connectivity index (χ0) is 11.1. The minimum Gasteiger partial charge on any atom is -0.368 e. The van der Waals surface area contributed by atoms with Crippen LogP contribution < -0.4 is 5.73 Å². The Morgan fingerprint density at radius 2 is 2.00 bits per heavy atom. The standard InChI is InChI=1S/C13H14N2O/c1-8-2-4-9(5-3-8)10-6-11(10)12-7-13(14)16-15-12/h2-5,7,10-11H,6,14H2,1H3/t10-,11+/m1/s1. The summed E-state index contributed by atoms with van der Waals surface area (Å²) in [6.45, 7) is 2.10. The zero-order valence-electron chi connectivity index (χ0n) is 9.18. The molecule has 3 heteroatoms. The molecule has 3 rings (SSSR count). The van der Waals surface area contributed by atoms with E-state index in [0.717, 1.165) is 12.1 Å². The van der Waals surface area contributed by atoms with Gasteiger partial charge >= 0.3 is 0 Å². The number of benzene rings is 1. The molecule has 0 aliphatic heterocycles. The summed E-state index contributed by atoms with van der Waals surface area (Å²) in [5.74, 6) is 1.48. The van der Waals surface area contributed by atoms with Crippen LogP contribution in [-0.4, -0.2) is 5.16 Å². The van der Waals surface area contributed by atoms with E-state index in [-0.39, 0.29) is 0 Å². The number of nitrogens with zero attached hydrogens (tertiary/aromatic N) is 1. The summed E-state index contributed by atoms with van der Waals surface area (Å²) in [7, 11) is 0. The minimum atomic E-state index is 0.407. The minimum absolute atomic E-state index is 0.407. The first-order valence-electron chi connectivity index (χ1n) is 5.52. The lowest BCUT2D eigenvalue weighted by atomic mass is 10.1. The van der Waals surface area contributed by atoms with E-state index in [1.54, 1.807) is 0 Å². The van der Waals surface area contributed by atoms with E-state index in [4.69, 9.17) is 10.3 Å². The number of anilines is 1. The molecule has 0 spiro atoms. The number of aromatic nitrogens is 1. The Morgan fingerprint density at radius 1 is 1.25 bits per heavy atom. The summed E-state index contributed by atoms with van der Waals surface area (Å²) in [5, 5.41) is 3.97. The third-order valence-corrected chi connectivity index (χ3v) is 3.22. The third kappa shape index (κ3) is 1.58. The van der Waals surface area contributed by atoms with Crippen molar-refractivity contribution in [3.63, 3.8) is 0 Å². The highest BCUT2D eigenvalue weighted by molar-refractivity contribution is 5.37. The van der Waals surface area contributed by atoms with Gasteiger partial charge in [0, 0.05) is 12.0 Å². The Labute approximate surface area is 94.2 Å². The normalized spacial score (nSPS) is 23.3. The lowest BCUT2D eigenvalue weighted by molar-refractivity contribution is 0.427. The largest absolute Gasteiger partial charge is 0.368 e. The summed E-state index contributed by atoms with van der Waals surface area (Å²) in [6, 6.07) is 10.5. The first kappa shape index (κ1) is 9.46. The van der Waals surface area contributed by atoms with Crippen molar-refractivity contribution in [1.82, 2.24) is 5.16 Å². The fraction of sp³-hybridized carbons (Fsp3) is 0.308. The summed E-state index contributed by atoms with van der Waals surface area (Å²) < 4.78 is 4.90. The van der Waals surface area contributed by atoms with Gasteiger partial charge in [-0.15, -0.1) is 0 Å².